The smallest absolute Gasteiger partial charge is 0.150 e. The van der Waals surface area contributed by atoms with Crippen molar-refractivity contribution < 1.29 is 4.74 Å². The summed E-state index contributed by atoms with van der Waals surface area (Å²) in [6, 6.07) is 3.49. The Labute approximate surface area is 103 Å². The number of ether oxygens (including phenoxy) is 1. The lowest BCUT2D eigenvalue weighted by Crippen LogP contribution is -1.91. The van der Waals surface area contributed by atoms with Gasteiger partial charge in [-0.2, -0.15) is 0 Å². The summed E-state index contributed by atoms with van der Waals surface area (Å²) in [7, 11) is 0. The minimum Gasteiger partial charge on any atom is -0.454 e. The first-order valence-electron chi connectivity index (χ1n) is 4.57. The molecule has 0 amide bonds. The molecule has 0 bridgehead atoms. The maximum atomic E-state index is 5.80. The van der Waals surface area contributed by atoms with Gasteiger partial charge in [-0.05, 0) is 6.07 Å². The van der Waals surface area contributed by atoms with Gasteiger partial charge in [0, 0.05) is 24.0 Å². The minimum atomic E-state index is 0.367. The maximum absolute atomic E-state index is 5.80. The summed E-state index contributed by atoms with van der Waals surface area (Å²) in [6.07, 6.45) is 6.40. The van der Waals surface area contributed by atoms with Gasteiger partial charge in [0.25, 0.3) is 0 Å². The molecular weight excluding hydrogens is 247 g/mol. The lowest BCUT2D eigenvalue weighted by Gasteiger charge is -2.08. The molecule has 3 nitrogen and oxygen atoms in total. The molecule has 0 N–H and O–H groups in total. The zero-order chi connectivity index (χ0) is 11.4. The van der Waals surface area contributed by atoms with Crippen LogP contribution in [0.4, 0.5) is 0 Å². The first kappa shape index (κ1) is 11.2. The second-order valence-corrected chi connectivity index (χ2v) is 3.76. The molecule has 5 heteroatoms. The summed E-state index contributed by atoms with van der Waals surface area (Å²) < 4.78 is 5.59. The van der Waals surface area contributed by atoms with Crippen molar-refractivity contribution >= 4 is 23.2 Å². The van der Waals surface area contributed by atoms with Crippen molar-refractivity contribution in [2.75, 3.05) is 0 Å². The molecule has 2 heterocycles. The first-order valence-corrected chi connectivity index (χ1v) is 5.48. The molecule has 0 aliphatic heterocycles. The van der Waals surface area contributed by atoms with E-state index in [1.54, 1.807) is 36.9 Å². The summed E-state index contributed by atoms with van der Waals surface area (Å²) in [4.78, 5) is 7.90. The van der Waals surface area contributed by atoms with Crippen LogP contribution in [0.3, 0.4) is 0 Å². The molecular formula is C11H8Cl2N2O. The fourth-order valence-corrected chi connectivity index (χ4v) is 1.57. The number of pyridine rings is 2. The molecule has 0 fully saturated rings. The summed E-state index contributed by atoms with van der Waals surface area (Å²) >= 11 is 11.6. The molecule has 82 valence electrons. The van der Waals surface area contributed by atoms with Crippen molar-refractivity contribution in [3.8, 4) is 11.5 Å². The Bertz CT molecular complexity index is 491. The lowest BCUT2D eigenvalue weighted by molar-refractivity contribution is 0.473. The largest absolute Gasteiger partial charge is 0.454 e. The molecule has 0 atom stereocenters. The van der Waals surface area contributed by atoms with E-state index >= 15 is 0 Å². The van der Waals surface area contributed by atoms with E-state index in [4.69, 9.17) is 27.9 Å². The highest BCUT2D eigenvalue weighted by Gasteiger charge is 2.04. The van der Waals surface area contributed by atoms with E-state index < -0.39 is 0 Å². The molecule has 0 unspecified atom stereocenters. The van der Waals surface area contributed by atoms with Crippen LogP contribution < -0.4 is 4.74 Å². The van der Waals surface area contributed by atoms with Gasteiger partial charge in [-0.25, -0.2) is 0 Å². The fourth-order valence-electron chi connectivity index (χ4n) is 1.19. The first-order chi connectivity index (χ1) is 7.79. The predicted octanol–water partition coefficient (Wildman–Crippen LogP) is 3.66. The van der Waals surface area contributed by atoms with Crippen molar-refractivity contribution in [3.63, 3.8) is 0 Å². The van der Waals surface area contributed by atoms with Gasteiger partial charge in [-0.3, -0.25) is 9.97 Å². The number of nitrogens with zero attached hydrogens (tertiary/aromatic N) is 2. The standard InChI is InChI=1S/C11H8Cl2N2O/c12-4-8-1-2-14-7-11(8)16-10-3-9(13)5-15-6-10/h1-3,5-7H,4H2. The van der Waals surface area contributed by atoms with Crippen molar-refractivity contribution in [1.29, 1.82) is 0 Å². The lowest BCUT2D eigenvalue weighted by atomic mass is 10.3. The quantitative estimate of drug-likeness (QED) is 0.785. The number of hydrogen-bond acceptors (Lipinski definition) is 3. The van der Waals surface area contributed by atoms with Crippen molar-refractivity contribution in [1.82, 2.24) is 9.97 Å². The van der Waals surface area contributed by atoms with Crippen LogP contribution in [-0.4, -0.2) is 9.97 Å². The number of rotatable bonds is 3. The maximum Gasteiger partial charge on any atom is 0.150 e. The van der Waals surface area contributed by atoms with Gasteiger partial charge < -0.3 is 4.74 Å². The number of aromatic nitrogens is 2. The predicted molar refractivity (Wildman–Crippen MR) is 63.1 cm³/mol. The SMILES string of the molecule is ClCc1ccncc1Oc1cncc(Cl)c1. The number of hydrogen-bond donors (Lipinski definition) is 0. The van der Waals surface area contributed by atoms with E-state index in [0.29, 0.717) is 22.4 Å². The van der Waals surface area contributed by atoms with Crippen molar-refractivity contribution in [3.05, 3.63) is 47.5 Å². The summed E-state index contributed by atoms with van der Waals surface area (Å²) in [6.45, 7) is 0. The topological polar surface area (TPSA) is 35.0 Å². The molecule has 0 spiro atoms. The van der Waals surface area contributed by atoms with Gasteiger partial charge in [0.15, 0.2) is 0 Å². The van der Waals surface area contributed by atoms with E-state index in [2.05, 4.69) is 9.97 Å². The van der Waals surface area contributed by atoms with Crippen molar-refractivity contribution in [2.24, 2.45) is 0 Å². The Morgan fingerprint density at radius 2 is 2.06 bits per heavy atom. The van der Waals surface area contributed by atoms with Crippen LogP contribution in [0.2, 0.25) is 5.02 Å². The fraction of sp³-hybridized carbons (Fsp3) is 0.0909. The third kappa shape index (κ3) is 2.62. The highest BCUT2D eigenvalue weighted by molar-refractivity contribution is 6.30. The van der Waals surface area contributed by atoms with Crippen LogP contribution in [0, 0.1) is 0 Å². The Balaban J connectivity index is 2.26. The van der Waals surface area contributed by atoms with Gasteiger partial charge >= 0.3 is 0 Å². The molecule has 2 rings (SSSR count). The molecule has 0 radical (unpaired) electrons. The Morgan fingerprint density at radius 3 is 2.81 bits per heavy atom. The monoisotopic (exact) mass is 254 g/mol. The Morgan fingerprint density at radius 1 is 1.19 bits per heavy atom. The van der Waals surface area contributed by atoms with E-state index in [-0.39, 0.29) is 0 Å². The molecule has 16 heavy (non-hydrogen) atoms. The third-order valence-electron chi connectivity index (χ3n) is 1.92. The molecule has 0 saturated heterocycles. The van der Waals surface area contributed by atoms with Crippen LogP contribution in [0.5, 0.6) is 11.5 Å². The van der Waals surface area contributed by atoms with Gasteiger partial charge in [-0.15, -0.1) is 11.6 Å². The Hall–Kier alpha value is -1.32. The van der Waals surface area contributed by atoms with Gasteiger partial charge in [-0.1, -0.05) is 11.6 Å². The number of alkyl halides is 1. The molecule has 0 aliphatic carbocycles. The van der Waals surface area contributed by atoms with E-state index in [1.807, 2.05) is 0 Å². The number of halogens is 2. The van der Waals surface area contributed by atoms with Gasteiger partial charge in [0.05, 0.1) is 23.3 Å². The molecule has 2 aromatic heterocycles. The minimum absolute atomic E-state index is 0.367. The highest BCUT2D eigenvalue weighted by Crippen LogP contribution is 2.26. The Kier molecular flexibility index (Phi) is 3.59. The van der Waals surface area contributed by atoms with Gasteiger partial charge in [0.1, 0.15) is 11.5 Å². The average molecular weight is 255 g/mol. The highest BCUT2D eigenvalue weighted by atomic mass is 35.5. The molecule has 0 aliphatic rings. The van der Waals surface area contributed by atoms with E-state index in [1.165, 1.54) is 0 Å². The molecule has 2 aromatic rings. The second-order valence-electron chi connectivity index (χ2n) is 3.06. The summed E-state index contributed by atoms with van der Waals surface area (Å²) in [5, 5.41) is 0.522. The van der Waals surface area contributed by atoms with Gasteiger partial charge in [0.2, 0.25) is 0 Å². The van der Waals surface area contributed by atoms with E-state index in [0.717, 1.165) is 5.56 Å². The van der Waals surface area contributed by atoms with Crippen molar-refractivity contribution in [2.45, 2.75) is 5.88 Å². The summed E-state index contributed by atoms with van der Waals surface area (Å²) in [5.41, 5.74) is 0.872. The normalized spacial score (nSPS) is 10.1. The average Bonchev–Trinajstić information content (AvgIpc) is 2.30. The molecule has 0 saturated carbocycles. The van der Waals surface area contributed by atoms with Crippen LogP contribution in [0.25, 0.3) is 0 Å². The molecule has 0 aromatic carbocycles. The van der Waals surface area contributed by atoms with Crippen LogP contribution in [0.1, 0.15) is 5.56 Å². The zero-order valence-electron chi connectivity index (χ0n) is 8.23. The van der Waals surface area contributed by atoms with Crippen LogP contribution >= 0.6 is 23.2 Å². The summed E-state index contributed by atoms with van der Waals surface area (Å²) in [5.74, 6) is 1.54. The zero-order valence-corrected chi connectivity index (χ0v) is 9.74. The van der Waals surface area contributed by atoms with Crippen LogP contribution in [-0.2, 0) is 5.88 Å². The van der Waals surface area contributed by atoms with Crippen LogP contribution in [0.15, 0.2) is 36.9 Å². The third-order valence-corrected chi connectivity index (χ3v) is 2.42. The van der Waals surface area contributed by atoms with E-state index in [9.17, 15) is 0 Å². The second kappa shape index (κ2) is 5.14.